The Morgan fingerprint density at radius 1 is 0.941 bits per heavy atom. The average Bonchev–Trinajstić information content (AvgIpc) is 2.33. The summed E-state index contributed by atoms with van der Waals surface area (Å²) in [6, 6.07) is 0. The molecule has 0 aromatic carbocycles. The normalized spacial score (nSPS) is 11.5. The Hall–Kier alpha value is -0.620. The fourth-order valence-electron chi connectivity index (χ4n) is 1.25. The standard InChI is InChI=1S/C12H24O5/c1-5-13-9-10-17-12(15-7-3,16-8-4)11-14-6-2/h5H,1,6-11H2,2-4H3. The summed E-state index contributed by atoms with van der Waals surface area (Å²) in [4.78, 5) is 0. The molecule has 0 bridgehead atoms. The van der Waals surface area contributed by atoms with Gasteiger partial charge in [-0.05, 0) is 20.8 Å². The molecule has 17 heavy (non-hydrogen) atoms. The van der Waals surface area contributed by atoms with Crippen molar-refractivity contribution >= 4 is 0 Å². The number of rotatable bonds is 12. The summed E-state index contributed by atoms with van der Waals surface area (Å²) >= 11 is 0. The molecular formula is C12H24O5. The molecule has 5 nitrogen and oxygen atoms in total. The van der Waals surface area contributed by atoms with E-state index in [4.69, 9.17) is 23.7 Å². The fourth-order valence-corrected chi connectivity index (χ4v) is 1.25. The highest BCUT2D eigenvalue weighted by Crippen LogP contribution is 2.16. The van der Waals surface area contributed by atoms with Crippen LogP contribution in [0.25, 0.3) is 0 Å². The smallest absolute Gasteiger partial charge is 0.307 e. The van der Waals surface area contributed by atoms with Gasteiger partial charge in [-0.15, -0.1) is 0 Å². The van der Waals surface area contributed by atoms with Crippen LogP contribution in [0.4, 0.5) is 0 Å². The third kappa shape index (κ3) is 7.33. The Balaban J connectivity index is 4.24. The topological polar surface area (TPSA) is 46.2 Å². The van der Waals surface area contributed by atoms with Crippen molar-refractivity contribution in [2.75, 3.05) is 39.6 Å². The first-order valence-corrected chi connectivity index (χ1v) is 5.96. The van der Waals surface area contributed by atoms with Gasteiger partial charge < -0.3 is 23.7 Å². The molecule has 0 N–H and O–H groups in total. The molecule has 0 rings (SSSR count). The first kappa shape index (κ1) is 16.4. The average molecular weight is 248 g/mol. The number of ether oxygens (including phenoxy) is 5. The number of hydrogen-bond donors (Lipinski definition) is 0. The second-order valence-electron chi connectivity index (χ2n) is 3.07. The predicted octanol–water partition coefficient (Wildman–Crippen LogP) is 1.93. The third-order valence-corrected chi connectivity index (χ3v) is 1.85. The van der Waals surface area contributed by atoms with Crippen LogP contribution in [-0.4, -0.2) is 45.6 Å². The van der Waals surface area contributed by atoms with Gasteiger partial charge in [0, 0.05) is 19.8 Å². The summed E-state index contributed by atoms with van der Waals surface area (Å²) in [5, 5.41) is 0. The molecular weight excluding hydrogens is 224 g/mol. The van der Waals surface area contributed by atoms with Crippen molar-refractivity contribution in [1.29, 1.82) is 0 Å². The lowest BCUT2D eigenvalue weighted by Gasteiger charge is -2.32. The maximum Gasteiger partial charge on any atom is 0.307 e. The molecule has 0 unspecified atom stereocenters. The van der Waals surface area contributed by atoms with Crippen LogP contribution in [0.2, 0.25) is 0 Å². The molecule has 0 heterocycles. The minimum absolute atomic E-state index is 0.235. The van der Waals surface area contributed by atoms with E-state index in [-0.39, 0.29) is 6.61 Å². The molecule has 0 saturated heterocycles. The van der Waals surface area contributed by atoms with Gasteiger partial charge in [0.2, 0.25) is 0 Å². The van der Waals surface area contributed by atoms with E-state index in [2.05, 4.69) is 6.58 Å². The second-order valence-corrected chi connectivity index (χ2v) is 3.07. The minimum Gasteiger partial charge on any atom is -0.499 e. The maximum absolute atomic E-state index is 5.57. The summed E-state index contributed by atoms with van der Waals surface area (Å²) in [5.74, 6) is -1.13. The fraction of sp³-hybridized carbons (Fsp3) is 0.833. The van der Waals surface area contributed by atoms with Crippen molar-refractivity contribution < 1.29 is 23.7 Å². The number of hydrogen-bond acceptors (Lipinski definition) is 5. The summed E-state index contributed by atoms with van der Waals surface area (Å²) in [6.45, 7) is 11.6. The zero-order valence-corrected chi connectivity index (χ0v) is 11.1. The SMILES string of the molecule is C=COCCOC(COCC)(OCC)OCC. The maximum atomic E-state index is 5.57. The molecule has 0 fully saturated rings. The van der Waals surface area contributed by atoms with Gasteiger partial charge in [-0.3, -0.25) is 0 Å². The largest absolute Gasteiger partial charge is 0.499 e. The molecule has 0 atom stereocenters. The van der Waals surface area contributed by atoms with Gasteiger partial charge in [-0.25, -0.2) is 0 Å². The lowest BCUT2D eigenvalue weighted by molar-refractivity contribution is -0.393. The first-order chi connectivity index (χ1) is 8.24. The van der Waals surface area contributed by atoms with Crippen molar-refractivity contribution in [3.8, 4) is 0 Å². The van der Waals surface area contributed by atoms with Crippen LogP contribution >= 0.6 is 0 Å². The van der Waals surface area contributed by atoms with Crippen molar-refractivity contribution in [2.45, 2.75) is 26.7 Å². The van der Waals surface area contributed by atoms with Crippen molar-refractivity contribution in [3.63, 3.8) is 0 Å². The van der Waals surface area contributed by atoms with Gasteiger partial charge in [-0.2, -0.15) is 0 Å². The highest BCUT2D eigenvalue weighted by atomic mass is 16.9. The Kier molecular flexibility index (Phi) is 10.1. The third-order valence-electron chi connectivity index (χ3n) is 1.85. The zero-order valence-electron chi connectivity index (χ0n) is 11.1. The highest BCUT2D eigenvalue weighted by Gasteiger charge is 2.33. The van der Waals surface area contributed by atoms with Gasteiger partial charge >= 0.3 is 5.97 Å². The van der Waals surface area contributed by atoms with Gasteiger partial charge in [-0.1, -0.05) is 6.58 Å². The van der Waals surface area contributed by atoms with E-state index in [9.17, 15) is 0 Å². The van der Waals surface area contributed by atoms with E-state index in [1.807, 2.05) is 20.8 Å². The first-order valence-electron chi connectivity index (χ1n) is 5.96. The molecule has 0 aromatic rings. The van der Waals surface area contributed by atoms with Gasteiger partial charge in [0.05, 0.1) is 12.9 Å². The molecule has 0 aliphatic carbocycles. The Morgan fingerprint density at radius 2 is 1.59 bits per heavy atom. The van der Waals surface area contributed by atoms with E-state index in [1.165, 1.54) is 6.26 Å². The Bertz CT molecular complexity index is 178. The summed E-state index contributed by atoms with van der Waals surface area (Å²) < 4.78 is 26.9. The van der Waals surface area contributed by atoms with E-state index >= 15 is 0 Å². The molecule has 0 spiro atoms. The van der Waals surface area contributed by atoms with Crippen LogP contribution in [0.15, 0.2) is 12.8 Å². The molecule has 0 aliphatic rings. The van der Waals surface area contributed by atoms with Crippen molar-refractivity contribution in [3.05, 3.63) is 12.8 Å². The van der Waals surface area contributed by atoms with E-state index in [0.717, 1.165) is 0 Å². The highest BCUT2D eigenvalue weighted by molar-refractivity contribution is 4.57. The lowest BCUT2D eigenvalue weighted by Crippen LogP contribution is -2.44. The second kappa shape index (κ2) is 10.5. The minimum atomic E-state index is -1.13. The monoisotopic (exact) mass is 248 g/mol. The van der Waals surface area contributed by atoms with E-state index in [0.29, 0.717) is 33.0 Å². The van der Waals surface area contributed by atoms with Crippen molar-refractivity contribution in [2.24, 2.45) is 0 Å². The van der Waals surface area contributed by atoms with Crippen LogP contribution in [0.1, 0.15) is 20.8 Å². The van der Waals surface area contributed by atoms with Crippen LogP contribution in [0, 0.1) is 0 Å². The van der Waals surface area contributed by atoms with Crippen molar-refractivity contribution in [1.82, 2.24) is 0 Å². The zero-order chi connectivity index (χ0) is 13.0. The molecule has 0 radical (unpaired) electrons. The van der Waals surface area contributed by atoms with Crippen LogP contribution in [0.5, 0.6) is 0 Å². The quantitative estimate of drug-likeness (QED) is 0.300. The van der Waals surface area contributed by atoms with Gasteiger partial charge in [0.25, 0.3) is 0 Å². The van der Waals surface area contributed by atoms with Crippen LogP contribution in [-0.2, 0) is 23.7 Å². The van der Waals surface area contributed by atoms with Crippen LogP contribution < -0.4 is 0 Å². The molecule has 0 aromatic heterocycles. The molecule has 0 aliphatic heterocycles. The Morgan fingerprint density at radius 3 is 2.06 bits per heavy atom. The molecule has 0 amide bonds. The van der Waals surface area contributed by atoms with Crippen LogP contribution in [0.3, 0.4) is 0 Å². The lowest BCUT2D eigenvalue weighted by atomic mass is 10.5. The van der Waals surface area contributed by atoms with E-state index < -0.39 is 5.97 Å². The Labute approximate surface area is 104 Å². The molecule has 102 valence electrons. The van der Waals surface area contributed by atoms with Gasteiger partial charge in [0.1, 0.15) is 13.2 Å². The van der Waals surface area contributed by atoms with Gasteiger partial charge in [0.15, 0.2) is 0 Å². The summed E-state index contributed by atoms with van der Waals surface area (Å²) in [5.41, 5.74) is 0. The molecule has 5 heteroatoms. The summed E-state index contributed by atoms with van der Waals surface area (Å²) in [7, 11) is 0. The summed E-state index contributed by atoms with van der Waals surface area (Å²) in [6.07, 6.45) is 1.37. The van der Waals surface area contributed by atoms with E-state index in [1.54, 1.807) is 0 Å². The predicted molar refractivity (Wildman–Crippen MR) is 64.6 cm³/mol. The molecule has 0 saturated carbocycles.